The molecule has 0 saturated heterocycles. The van der Waals surface area contributed by atoms with Crippen molar-refractivity contribution in [3.8, 4) is 0 Å². The minimum Gasteiger partial charge on any atom is -0.321 e. The van der Waals surface area contributed by atoms with Crippen molar-refractivity contribution in [3.63, 3.8) is 0 Å². The highest BCUT2D eigenvalue weighted by Gasteiger charge is 2.25. The molecule has 3 rings (SSSR count). The van der Waals surface area contributed by atoms with E-state index in [1.807, 2.05) is 31.2 Å². The van der Waals surface area contributed by atoms with Crippen molar-refractivity contribution in [1.82, 2.24) is 0 Å². The number of primary sulfonamides is 1. The largest absolute Gasteiger partial charge is 0.321 e. The number of fused-ring (bicyclic) bond motifs is 1. The number of anilines is 1. The lowest BCUT2D eigenvalue weighted by Crippen LogP contribution is -2.12. The van der Waals surface area contributed by atoms with Crippen LogP contribution in [0.1, 0.15) is 16.7 Å². The van der Waals surface area contributed by atoms with E-state index >= 15 is 0 Å². The van der Waals surface area contributed by atoms with Crippen LogP contribution in [0, 0.1) is 6.92 Å². The molecule has 2 aromatic carbocycles. The Morgan fingerprint density at radius 3 is 2.41 bits per heavy atom. The fraction of sp³-hybridized carbons (Fsp3) is 0.0625. The van der Waals surface area contributed by atoms with Crippen LogP contribution in [-0.4, -0.2) is 14.3 Å². The first-order valence-electron chi connectivity index (χ1n) is 6.61. The molecule has 0 radical (unpaired) electrons. The second-order valence-corrected chi connectivity index (χ2v) is 6.74. The van der Waals surface area contributed by atoms with Gasteiger partial charge >= 0.3 is 0 Å². The van der Waals surface area contributed by atoms with Gasteiger partial charge in [-0.3, -0.25) is 4.79 Å². The Hall–Kier alpha value is -2.44. The molecule has 0 spiro atoms. The predicted molar refractivity (Wildman–Crippen MR) is 85.5 cm³/mol. The van der Waals surface area contributed by atoms with Crippen LogP contribution < -0.4 is 10.5 Å². The Morgan fingerprint density at radius 1 is 1.09 bits per heavy atom. The van der Waals surface area contributed by atoms with Crippen molar-refractivity contribution in [2.24, 2.45) is 5.14 Å². The first kappa shape index (κ1) is 14.5. The number of carbonyl (C=O) groups is 1. The summed E-state index contributed by atoms with van der Waals surface area (Å²) in [6.45, 7) is 1.98. The Kier molecular flexibility index (Phi) is 3.35. The molecule has 6 heteroatoms. The summed E-state index contributed by atoms with van der Waals surface area (Å²) in [5.41, 5.74) is 3.52. The van der Waals surface area contributed by atoms with Crippen LogP contribution in [0.4, 0.5) is 5.69 Å². The van der Waals surface area contributed by atoms with E-state index in [1.165, 1.54) is 12.1 Å². The van der Waals surface area contributed by atoms with Gasteiger partial charge < -0.3 is 5.32 Å². The Balaban J connectivity index is 2.12. The van der Waals surface area contributed by atoms with E-state index in [4.69, 9.17) is 5.14 Å². The van der Waals surface area contributed by atoms with Gasteiger partial charge in [0.05, 0.1) is 4.90 Å². The number of aryl methyl sites for hydroxylation is 1. The number of sulfonamides is 1. The van der Waals surface area contributed by atoms with Crippen molar-refractivity contribution < 1.29 is 13.2 Å². The Bertz CT molecular complexity index is 897. The molecule has 0 atom stereocenters. The van der Waals surface area contributed by atoms with E-state index in [0.29, 0.717) is 16.8 Å². The molecule has 0 aromatic heterocycles. The van der Waals surface area contributed by atoms with Crippen LogP contribution >= 0.6 is 0 Å². The van der Waals surface area contributed by atoms with Crippen LogP contribution in [0.2, 0.25) is 0 Å². The molecule has 0 fully saturated rings. The molecule has 0 saturated carbocycles. The molecule has 0 bridgehead atoms. The van der Waals surface area contributed by atoms with E-state index in [1.54, 1.807) is 12.1 Å². The maximum atomic E-state index is 12.1. The topological polar surface area (TPSA) is 89.3 Å². The highest BCUT2D eigenvalue weighted by atomic mass is 32.2. The average molecular weight is 314 g/mol. The van der Waals surface area contributed by atoms with Gasteiger partial charge in [0, 0.05) is 16.8 Å². The zero-order valence-corrected chi connectivity index (χ0v) is 12.6. The normalized spacial score (nSPS) is 15.7. The molecule has 1 amide bonds. The SMILES string of the molecule is Cc1ccc(/C=C2/C(=O)Nc3ccc(S(N)(=O)=O)cc32)cc1. The summed E-state index contributed by atoms with van der Waals surface area (Å²) in [4.78, 5) is 12.1. The molecule has 1 aliphatic rings. The number of hydrogen-bond acceptors (Lipinski definition) is 3. The average Bonchev–Trinajstić information content (AvgIpc) is 2.76. The number of nitrogens with two attached hydrogens (primary N) is 1. The zero-order valence-electron chi connectivity index (χ0n) is 11.8. The second-order valence-electron chi connectivity index (χ2n) is 5.18. The second kappa shape index (κ2) is 5.08. The van der Waals surface area contributed by atoms with Gasteiger partial charge in [-0.1, -0.05) is 29.8 Å². The molecule has 0 aliphatic carbocycles. The van der Waals surface area contributed by atoms with Gasteiger partial charge in [0.15, 0.2) is 0 Å². The van der Waals surface area contributed by atoms with Gasteiger partial charge in [0.25, 0.3) is 5.91 Å². The van der Waals surface area contributed by atoms with Gasteiger partial charge in [-0.15, -0.1) is 0 Å². The molecule has 0 unspecified atom stereocenters. The standard InChI is InChI=1S/C16H14N2O3S/c1-10-2-4-11(5-3-10)8-14-13-9-12(22(17,20)21)6-7-15(13)18-16(14)19/h2-9H,1H3,(H,18,19)(H2,17,20,21)/b14-8+. The van der Waals surface area contributed by atoms with Crippen LogP contribution in [-0.2, 0) is 14.8 Å². The third-order valence-electron chi connectivity index (χ3n) is 3.49. The summed E-state index contributed by atoms with van der Waals surface area (Å²) in [6, 6.07) is 12.0. The lowest BCUT2D eigenvalue weighted by molar-refractivity contribution is -0.110. The summed E-state index contributed by atoms with van der Waals surface area (Å²) in [6.07, 6.45) is 1.73. The van der Waals surface area contributed by atoms with Gasteiger partial charge in [0.1, 0.15) is 0 Å². The molecule has 3 N–H and O–H groups in total. The lowest BCUT2D eigenvalue weighted by Gasteiger charge is -2.03. The minimum atomic E-state index is -3.81. The van der Waals surface area contributed by atoms with Crippen molar-refractivity contribution in [3.05, 3.63) is 59.2 Å². The highest BCUT2D eigenvalue weighted by Crippen LogP contribution is 2.34. The fourth-order valence-electron chi connectivity index (χ4n) is 2.32. The van der Waals surface area contributed by atoms with E-state index < -0.39 is 10.0 Å². The third-order valence-corrected chi connectivity index (χ3v) is 4.40. The molecule has 112 valence electrons. The monoisotopic (exact) mass is 314 g/mol. The van der Waals surface area contributed by atoms with Gasteiger partial charge in [-0.25, -0.2) is 13.6 Å². The summed E-state index contributed by atoms with van der Waals surface area (Å²) in [5, 5.41) is 7.86. The van der Waals surface area contributed by atoms with Gasteiger partial charge in [-0.05, 0) is 36.8 Å². The predicted octanol–water partition coefficient (Wildman–Crippen LogP) is 2.14. The van der Waals surface area contributed by atoms with Gasteiger partial charge in [0.2, 0.25) is 10.0 Å². The molecular formula is C16H14N2O3S. The number of rotatable bonds is 2. The Morgan fingerprint density at radius 2 is 1.77 bits per heavy atom. The summed E-state index contributed by atoms with van der Waals surface area (Å²) in [7, 11) is -3.81. The number of nitrogens with one attached hydrogen (secondary N) is 1. The maximum Gasteiger partial charge on any atom is 0.256 e. The molecule has 5 nitrogen and oxygen atoms in total. The van der Waals surface area contributed by atoms with E-state index in [2.05, 4.69) is 5.32 Å². The number of amides is 1. The van der Waals surface area contributed by atoms with E-state index in [9.17, 15) is 13.2 Å². The first-order chi connectivity index (χ1) is 10.3. The quantitative estimate of drug-likeness (QED) is 0.832. The van der Waals surface area contributed by atoms with Crippen molar-refractivity contribution in [2.45, 2.75) is 11.8 Å². The minimum absolute atomic E-state index is 0.0162. The molecule has 22 heavy (non-hydrogen) atoms. The fourth-order valence-corrected chi connectivity index (χ4v) is 2.86. The zero-order chi connectivity index (χ0) is 15.9. The third kappa shape index (κ3) is 2.66. The van der Waals surface area contributed by atoms with Crippen molar-refractivity contribution in [2.75, 3.05) is 5.32 Å². The van der Waals surface area contributed by atoms with Crippen LogP contribution in [0.5, 0.6) is 0 Å². The number of benzene rings is 2. The van der Waals surface area contributed by atoms with Crippen LogP contribution in [0.25, 0.3) is 11.6 Å². The van der Waals surface area contributed by atoms with Crippen molar-refractivity contribution >= 4 is 33.3 Å². The van der Waals surface area contributed by atoms with Crippen molar-refractivity contribution in [1.29, 1.82) is 0 Å². The smallest absolute Gasteiger partial charge is 0.256 e. The van der Waals surface area contributed by atoms with Crippen LogP contribution in [0.3, 0.4) is 0 Å². The van der Waals surface area contributed by atoms with Crippen LogP contribution in [0.15, 0.2) is 47.4 Å². The maximum absolute atomic E-state index is 12.1. The Labute approximate surface area is 128 Å². The lowest BCUT2D eigenvalue weighted by atomic mass is 10.0. The van der Waals surface area contributed by atoms with E-state index in [0.717, 1.165) is 11.1 Å². The van der Waals surface area contributed by atoms with E-state index in [-0.39, 0.29) is 10.8 Å². The summed E-state index contributed by atoms with van der Waals surface area (Å²) >= 11 is 0. The molecule has 1 heterocycles. The highest BCUT2D eigenvalue weighted by molar-refractivity contribution is 7.89. The molecular weight excluding hydrogens is 300 g/mol. The number of carbonyl (C=O) groups excluding carboxylic acids is 1. The van der Waals surface area contributed by atoms with Gasteiger partial charge in [-0.2, -0.15) is 0 Å². The number of hydrogen-bond donors (Lipinski definition) is 2. The first-order valence-corrected chi connectivity index (χ1v) is 8.16. The molecule has 2 aromatic rings. The summed E-state index contributed by atoms with van der Waals surface area (Å²) < 4.78 is 22.9. The molecule has 1 aliphatic heterocycles. The summed E-state index contributed by atoms with van der Waals surface area (Å²) in [5.74, 6) is -0.262.